The summed E-state index contributed by atoms with van der Waals surface area (Å²) in [7, 11) is 0. The van der Waals surface area contributed by atoms with Crippen LogP contribution in [-0.4, -0.2) is 5.11 Å². The first-order valence-electron chi connectivity index (χ1n) is 7.32. The Morgan fingerprint density at radius 1 is 1.05 bits per heavy atom. The van der Waals surface area contributed by atoms with Crippen molar-refractivity contribution in [1.82, 2.24) is 0 Å². The molecule has 0 heterocycles. The number of anilines is 2. The highest BCUT2D eigenvalue weighted by Crippen LogP contribution is 2.28. The number of hydrogen-bond acceptors (Lipinski definition) is 1. The molecule has 0 aliphatic heterocycles. The smallest absolute Gasteiger partial charge is 0.175 e. The second-order valence-corrected chi connectivity index (χ2v) is 6.50. The summed E-state index contributed by atoms with van der Waals surface area (Å²) in [6, 6.07) is 12.0. The van der Waals surface area contributed by atoms with Gasteiger partial charge in [-0.05, 0) is 60.8 Å². The van der Waals surface area contributed by atoms with Gasteiger partial charge in [0.05, 0.1) is 0 Å². The van der Waals surface area contributed by atoms with Crippen molar-refractivity contribution in [3.05, 3.63) is 58.1 Å². The molecule has 0 saturated carbocycles. The third-order valence-corrected chi connectivity index (χ3v) is 4.30. The Morgan fingerprint density at radius 3 is 2.41 bits per heavy atom. The number of halogens is 1. The van der Waals surface area contributed by atoms with E-state index in [1.54, 1.807) is 0 Å². The van der Waals surface area contributed by atoms with E-state index >= 15 is 0 Å². The second-order valence-electron chi connectivity index (χ2n) is 5.69. The molecule has 0 unspecified atom stereocenters. The molecule has 0 atom stereocenters. The van der Waals surface area contributed by atoms with E-state index in [-0.39, 0.29) is 0 Å². The molecule has 0 aliphatic carbocycles. The van der Waals surface area contributed by atoms with E-state index in [2.05, 4.69) is 49.6 Å². The minimum Gasteiger partial charge on any atom is -0.332 e. The molecule has 0 aliphatic rings. The van der Waals surface area contributed by atoms with Gasteiger partial charge in [0.25, 0.3) is 0 Å². The summed E-state index contributed by atoms with van der Waals surface area (Å²) in [4.78, 5) is 0. The molecule has 22 heavy (non-hydrogen) atoms. The Bertz CT molecular complexity index is 695. The summed E-state index contributed by atoms with van der Waals surface area (Å²) < 4.78 is 0. The van der Waals surface area contributed by atoms with Crippen molar-refractivity contribution in [2.45, 2.75) is 33.6 Å². The van der Waals surface area contributed by atoms with Crippen LogP contribution in [0.15, 0.2) is 36.4 Å². The van der Waals surface area contributed by atoms with Crippen LogP contribution < -0.4 is 10.6 Å². The molecule has 0 saturated heterocycles. The number of nitrogens with one attached hydrogen (secondary N) is 2. The average Bonchev–Trinajstić information content (AvgIpc) is 2.46. The molecule has 116 valence electrons. The van der Waals surface area contributed by atoms with E-state index in [4.69, 9.17) is 23.8 Å². The van der Waals surface area contributed by atoms with E-state index in [1.165, 1.54) is 11.1 Å². The Morgan fingerprint density at radius 2 is 1.73 bits per heavy atom. The van der Waals surface area contributed by atoms with Gasteiger partial charge < -0.3 is 10.6 Å². The third-order valence-electron chi connectivity index (χ3n) is 3.68. The minimum absolute atomic E-state index is 0.429. The van der Waals surface area contributed by atoms with Crippen molar-refractivity contribution in [2.75, 3.05) is 10.6 Å². The monoisotopic (exact) mass is 332 g/mol. The van der Waals surface area contributed by atoms with Gasteiger partial charge in [0.1, 0.15) is 0 Å². The largest absolute Gasteiger partial charge is 0.332 e. The first-order valence-corrected chi connectivity index (χ1v) is 8.11. The van der Waals surface area contributed by atoms with E-state index < -0.39 is 0 Å². The van der Waals surface area contributed by atoms with Crippen molar-refractivity contribution in [1.29, 1.82) is 0 Å². The van der Waals surface area contributed by atoms with Gasteiger partial charge >= 0.3 is 0 Å². The topological polar surface area (TPSA) is 24.1 Å². The number of hydrogen-bond donors (Lipinski definition) is 2. The molecule has 2 rings (SSSR count). The summed E-state index contributed by atoms with van der Waals surface area (Å²) in [6.07, 6.45) is 0. The molecule has 0 spiro atoms. The van der Waals surface area contributed by atoms with Gasteiger partial charge in [0.2, 0.25) is 0 Å². The molecule has 0 fully saturated rings. The Balaban J connectivity index is 2.21. The summed E-state index contributed by atoms with van der Waals surface area (Å²) in [5.41, 5.74) is 5.42. The van der Waals surface area contributed by atoms with Crippen LogP contribution in [-0.2, 0) is 0 Å². The zero-order valence-corrected chi connectivity index (χ0v) is 14.9. The van der Waals surface area contributed by atoms with Crippen molar-refractivity contribution in [2.24, 2.45) is 0 Å². The van der Waals surface area contributed by atoms with Crippen LogP contribution in [0.5, 0.6) is 0 Å². The van der Waals surface area contributed by atoms with Crippen LogP contribution in [0.4, 0.5) is 11.4 Å². The second kappa shape index (κ2) is 7.12. The van der Waals surface area contributed by atoms with Gasteiger partial charge in [0, 0.05) is 16.4 Å². The van der Waals surface area contributed by atoms with Gasteiger partial charge in [-0.1, -0.05) is 49.7 Å². The zero-order valence-electron chi connectivity index (χ0n) is 13.3. The van der Waals surface area contributed by atoms with Crippen LogP contribution in [0.2, 0.25) is 5.02 Å². The van der Waals surface area contributed by atoms with Crippen molar-refractivity contribution < 1.29 is 0 Å². The maximum atomic E-state index is 6.15. The zero-order chi connectivity index (χ0) is 16.3. The van der Waals surface area contributed by atoms with Gasteiger partial charge in [-0.15, -0.1) is 0 Å². The van der Waals surface area contributed by atoms with Crippen LogP contribution in [0.3, 0.4) is 0 Å². The summed E-state index contributed by atoms with van der Waals surface area (Å²) in [5, 5.41) is 7.86. The number of thiocarbonyl (C=S) groups is 1. The molecule has 2 N–H and O–H groups in total. The molecule has 0 radical (unpaired) electrons. The highest BCUT2D eigenvalue weighted by molar-refractivity contribution is 7.80. The molecule has 2 aromatic rings. The van der Waals surface area contributed by atoms with Gasteiger partial charge in [-0.2, -0.15) is 0 Å². The quantitative estimate of drug-likeness (QED) is 0.685. The minimum atomic E-state index is 0.429. The Labute approximate surface area is 142 Å². The van der Waals surface area contributed by atoms with Crippen LogP contribution >= 0.6 is 23.8 Å². The SMILES string of the molecule is Cc1cccc(C(C)C)c1NC(=S)Nc1cccc(Cl)c1C. The summed E-state index contributed by atoms with van der Waals surface area (Å²) >= 11 is 11.6. The van der Waals surface area contributed by atoms with Crippen molar-refractivity contribution in [3.8, 4) is 0 Å². The molecule has 2 aromatic carbocycles. The lowest BCUT2D eigenvalue weighted by molar-refractivity contribution is 0.868. The summed E-state index contributed by atoms with van der Waals surface area (Å²) in [5.74, 6) is 0.429. The van der Waals surface area contributed by atoms with E-state index in [0.29, 0.717) is 11.0 Å². The van der Waals surface area contributed by atoms with Crippen molar-refractivity contribution in [3.63, 3.8) is 0 Å². The first-order chi connectivity index (χ1) is 10.4. The predicted molar refractivity (Wildman–Crippen MR) is 101 cm³/mol. The third kappa shape index (κ3) is 3.79. The van der Waals surface area contributed by atoms with Crippen LogP contribution in [0, 0.1) is 13.8 Å². The highest BCUT2D eigenvalue weighted by atomic mass is 35.5. The number of rotatable bonds is 3. The molecule has 0 amide bonds. The fourth-order valence-corrected chi connectivity index (χ4v) is 2.74. The molecular formula is C18H21ClN2S. The normalized spacial score (nSPS) is 10.6. The fraction of sp³-hybridized carbons (Fsp3) is 0.278. The van der Waals surface area contributed by atoms with Gasteiger partial charge in [0.15, 0.2) is 5.11 Å². The lowest BCUT2D eigenvalue weighted by atomic mass is 9.98. The van der Waals surface area contributed by atoms with Crippen LogP contribution in [0.1, 0.15) is 36.5 Å². The molecular weight excluding hydrogens is 312 g/mol. The lowest BCUT2D eigenvalue weighted by Gasteiger charge is -2.19. The number of aryl methyl sites for hydroxylation is 1. The molecule has 2 nitrogen and oxygen atoms in total. The van der Waals surface area contributed by atoms with Gasteiger partial charge in [-0.3, -0.25) is 0 Å². The maximum Gasteiger partial charge on any atom is 0.175 e. The first kappa shape index (κ1) is 16.8. The lowest BCUT2D eigenvalue weighted by Crippen LogP contribution is -2.21. The Hall–Kier alpha value is -1.58. The predicted octanol–water partition coefficient (Wildman–Crippen LogP) is 5.89. The summed E-state index contributed by atoms with van der Waals surface area (Å²) in [6.45, 7) is 8.41. The number of benzene rings is 2. The standard InChI is InChI=1S/C18H21ClN2S/c1-11(2)14-8-5-7-12(3)17(14)21-18(22)20-16-10-6-9-15(19)13(16)4/h5-11H,1-4H3,(H2,20,21,22). The fourth-order valence-electron chi connectivity index (χ4n) is 2.35. The number of para-hydroxylation sites is 1. The average molecular weight is 333 g/mol. The molecule has 0 aromatic heterocycles. The van der Waals surface area contributed by atoms with E-state index in [1.807, 2.05) is 25.1 Å². The highest BCUT2D eigenvalue weighted by Gasteiger charge is 2.11. The molecule has 4 heteroatoms. The van der Waals surface area contributed by atoms with E-state index in [0.717, 1.165) is 22.0 Å². The van der Waals surface area contributed by atoms with Crippen molar-refractivity contribution >= 4 is 40.3 Å². The van der Waals surface area contributed by atoms with Crippen LogP contribution in [0.25, 0.3) is 0 Å². The van der Waals surface area contributed by atoms with E-state index in [9.17, 15) is 0 Å². The molecule has 0 bridgehead atoms. The van der Waals surface area contributed by atoms with Gasteiger partial charge in [-0.25, -0.2) is 0 Å². The maximum absolute atomic E-state index is 6.15. The Kier molecular flexibility index (Phi) is 5.43.